The van der Waals surface area contributed by atoms with Crippen molar-refractivity contribution in [3.8, 4) is 0 Å². The Kier molecular flexibility index (Phi) is 6.32. The van der Waals surface area contributed by atoms with Crippen LogP contribution in [-0.4, -0.2) is 17.7 Å². The number of carbonyl (C=O) groups excluding carboxylic acids is 3. The topological polar surface area (TPSA) is 72.5 Å². The molecule has 3 aromatic carbocycles. The van der Waals surface area contributed by atoms with Crippen molar-refractivity contribution in [3.05, 3.63) is 101 Å². The number of nitrogens with one attached hydrogen (secondary N) is 1. The van der Waals surface area contributed by atoms with E-state index in [2.05, 4.69) is 5.32 Å². The highest BCUT2D eigenvalue weighted by Gasteiger charge is 2.26. The number of anilines is 1. The molecule has 0 aliphatic rings. The molecule has 0 aliphatic carbocycles. The van der Waals surface area contributed by atoms with Crippen LogP contribution < -0.4 is 5.32 Å². The van der Waals surface area contributed by atoms with Crippen molar-refractivity contribution in [2.24, 2.45) is 0 Å². The number of benzene rings is 3. The van der Waals surface area contributed by atoms with Crippen molar-refractivity contribution in [2.75, 3.05) is 5.32 Å². The summed E-state index contributed by atoms with van der Waals surface area (Å²) in [4.78, 5) is 36.9. The summed E-state index contributed by atoms with van der Waals surface area (Å²) in [7, 11) is 0. The van der Waals surface area contributed by atoms with E-state index in [0.717, 1.165) is 12.1 Å². The SMILES string of the molecule is CC(=O)c1cccc(NC(=O)[C@@H](OC(=O)c2cc(F)cc(F)c2)c2ccccc2)c1. The third kappa shape index (κ3) is 5.14. The van der Waals surface area contributed by atoms with Gasteiger partial charge in [0.1, 0.15) is 11.6 Å². The Morgan fingerprint density at radius 3 is 2.13 bits per heavy atom. The minimum absolute atomic E-state index is 0.176. The second kappa shape index (κ2) is 9.09. The molecule has 152 valence electrons. The fraction of sp³-hybridized carbons (Fsp3) is 0.0870. The van der Waals surface area contributed by atoms with E-state index in [-0.39, 0.29) is 11.3 Å². The summed E-state index contributed by atoms with van der Waals surface area (Å²) in [6.45, 7) is 1.40. The molecular formula is C23H17F2NO4. The van der Waals surface area contributed by atoms with Crippen molar-refractivity contribution in [2.45, 2.75) is 13.0 Å². The van der Waals surface area contributed by atoms with Gasteiger partial charge in [-0.25, -0.2) is 13.6 Å². The fourth-order valence-corrected chi connectivity index (χ4v) is 2.77. The highest BCUT2D eigenvalue weighted by Crippen LogP contribution is 2.23. The fourth-order valence-electron chi connectivity index (χ4n) is 2.77. The van der Waals surface area contributed by atoms with Crippen LogP contribution >= 0.6 is 0 Å². The monoisotopic (exact) mass is 409 g/mol. The summed E-state index contributed by atoms with van der Waals surface area (Å²) < 4.78 is 32.2. The lowest BCUT2D eigenvalue weighted by Gasteiger charge is -2.18. The van der Waals surface area contributed by atoms with E-state index in [9.17, 15) is 23.2 Å². The molecule has 5 nitrogen and oxygen atoms in total. The van der Waals surface area contributed by atoms with Crippen LogP contribution in [-0.2, 0) is 9.53 Å². The Morgan fingerprint density at radius 1 is 0.833 bits per heavy atom. The van der Waals surface area contributed by atoms with Gasteiger partial charge in [0.05, 0.1) is 5.56 Å². The van der Waals surface area contributed by atoms with E-state index in [1.165, 1.54) is 13.0 Å². The summed E-state index contributed by atoms with van der Waals surface area (Å²) in [5, 5.41) is 2.60. The molecule has 3 aromatic rings. The molecular weight excluding hydrogens is 392 g/mol. The second-order valence-corrected chi connectivity index (χ2v) is 6.48. The summed E-state index contributed by atoms with van der Waals surface area (Å²) in [6.07, 6.45) is -1.38. The van der Waals surface area contributed by atoms with Gasteiger partial charge in [0.15, 0.2) is 5.78 Å². The number of hydrogen-bond donors (Lipinski definition) is 1. The number of halogens is 2. The van der Waals surface area contributed by atoms with Gasteiger partial charge in [-0.15, -0.1) is 0 Å². The van der Waals surface area contributed by atoms with Crippen LogP contribution in [0.3, 0.4) is 0 Å². The summed E-state index contributed by atoms with van der Waals surface area (Å²) in [6, 6.07) is 16.7. The van der Waals surface area contributed by atoms with Gasteiger partial charge in [0.2, 0.25) is 6.10 Å². The molecule has 1 atom stereocenters. The molecule has 0 spiro atoms. The van der Waals surface area contributed by atoms with Gasteiger partial charge >= 0.3 is 5.97 Å². The molecule has 0 aliphatic heterocycles. The van der Waals surface area contributed by atoms with Crippen LogP contribution in [0.1, 0.15) is 39.3 Å². The van der Waals surface area contributed by atoms with Crippen molar-refractivity contribution < 1.29 is 27.9 Å². The van der Waals surface area contributed by atoms with Crippen LogP contribution in [0.15, 0.2) is 72.8 Å². The largest absolute Gasteiger partial charge is 0.444 e. The number of carbonyl (C=O) groups is 3. The maximum absolute atomic E-state index is 13.4. The number of amides is 1. The average molecular weight is 409 g/mol. The summed E-state index contributed by atoms with van der Waals surface area (Å²) >= 11 is 0. The molecule has 7 heteroatoms. The van der Waals surface area contributed by atoms with Gasteiger partial charge in [-0.3, -0.25) is 9.59 Å². The third-order valence-corrected chi connectivity index (χ3v) is 4.20. The number of rotatable bonds is 6. The third-order valence-electron chi connectivity index (χ3n) is 4.20. The van der Waals surface area contributed by atoms with Crippen LogP contribution in [0.25, 0.3) is 0 Å². The van der Waals surface area contributed by atoms with E-state index in [4.69, 9.17) is 4.74 Å². The van der Waals surface area contributed by atoms with Gasteiger partial charge in [-0.05, 0) is 31.2 Å². The Labute approximate surface area is 171 Å². The van der Waals surface area contributed by atoms with Crippen molar-refractivity contribution in [1.82, 2.24) is 0 Å². The lowest BCUT2D eigenvalue weighted by Crippen LogP contribution is -2.26. The van der Waals surface area contributed by atoms with Crippen LogP contribution in [0, 0.1) is 11.6 Å². The molecule has 0 radical (unpaired) electrons. The first-order valence-electron chi connectivity index (χ1n) is 8.97. The summed E-state index contributed by atoms with van der Waals surface area (Å²) in [5.41, 5.74) is 0.737. The molecule has 0 heterocycles. The zero-order valence-corrected chi connectivity index (χ0v) is 15.9. The van der Waals surface area contributed by atoms with Crippen molar-refractivity contribution in [3.63, 3.8) is 0 Å². The number of hydrogen-bond acceptors (Lipinski definition) is 4. The van der Waals surface area contributed by atoms with E-state index in [0.29, 0.717) is 22.9 Å². The number of ether oxygens (including phenoxy) is 1. The number of ketones is 1. The van der Waals surface area contributed by atoms with Gasteiger partial charge in [0, 0.05) is 22.9 Å². The molecule has 0 aromatic heterocycles. The van der Waals surface area contributed by atoms with Gasteiger partial charge < -0.3 is 10.1 Å². The van der Waals surface area contributed by atoms with Crippen LogP contribution in [0.5, 0.6) is 0 Å². The lowest BCUT2D eigenvalue weighted by atomic mass is 10.1. The maximum Gasteiger partial charge on any atom is 0.339 e. The second-order valence-electron chi connectivity index (χ2n) is 6.48. The smallest absolute Gasteiger partial charge is 0.339 e. The zero-order chi connectivity index (χ0) is 21.7. The van der Waals surface area contributed by atoms with Gasteiger partial charge in [-0.1, -0.05) is 42.5 Å². The quantitative estimate of drug-likeness (QED) is 0.473. The molecule has 0 saturated carbocycles. The number of Topliss-reactive ketones (excluding diaryl/α,β-unsaturated/α-hetero) is 1. The van der Waals surface area contributed by atoms with Crippen molar-refractivity contribution >= 4 is 23.3 Å². The first-order chi connectivity index (χ1) is 14.3. The highest BCUT2D eigenvalue weighted by atomic mass is 19.1. The minimum Gasteiger partial charge on any atom is -0.444 e. The van der Waals surface area contributed by atoms with E-state index in [1.807, 2.05) is 0 Å². The Bertz CT molecular complexity index is 1080. The van der Waals surface area contributed by atoms with E-state index < -0.39 is 29.6 Å². The molecule has 0 fully saturated rings. The molecule has 3 rings (SSSR count). The molecule has 1 amide bonds. The highest BCUT2D eigenvalue weighted by molar-refractivity contribution is 6.00. The van der Waals surface area contributed by atoms with E-state index in [1.54, 1.807) is 48.5 Å². The van der Waals surface area contributed by atoms with Gasteiger partial charge in [-0.2, -0.15) is 0 Å². The first kappa shape index (κ1) is 20.9. The molecule has 0 unspecified atom stereocenters. The van der Waals surface area contributed by atoms with Crippen LogP contribution in [0.2, 0.25) is 0 Å². The number of esters is 1. The molecule has 0 saturated heterocycles. The zero-order valence-electron chi connectivity index (χ0n) is 15.9. The first-order valence-corrected chi connectivity index (χ1v) is 8.97. The predicted molar refractivity (Wildman–Crippen MR) is 106 cm³/mol. The molecule has 30 heavy (non-hydrogen) atoms. The molecule has 1 N–H and O–H groups in total. The summed E-state index contributed by atoms with van der Waals surface area (Å²) in [5.74, 6) is -3.81. The molecule has 0 bridgehead atoms. The van der Waals surface area contributed by atoms with Crippen molar-refractivity contribution in [1.29, 1.82) is 0 Å². The average Bonchev–Trinajstić information content (AvgIpc) is 2.71. The van der Waals surface area contributed by atoms with Gasteiger partial charge in [0.25, 0.3) is 5.91 Å². The standard InChI is InChI=1S/C23H17F2NO4/c1-14(27)16-8-5-9-20(12-16)26-22(28)21(15-6-3-2-4-7-15)30-23(29)17-10-18(24)13-19(25)11-17/h2-13,21H,1H3,(H,26,28)/t21-/m0/s1. The normalized spacial score (nSPS) is 11.4. The Balaban J connectivity index is 1.87. The maximum atomic E-state index is 13.4. The Morgan fingerprint density at radius 2 is 1.50 bits per heavy atom. The Hall–Kier alpha value is -3.87. The van der Waals surface area contributed by atoms with Crippen LogP contribution in [0.4, 0.5) is 14.5 Å². The lowest BCUT2D eigenvalue weighted by molar-refractivity contribution is -0.125. The minimum atomic E-state index is -1.38. The van der Waals surface area contributed by atoms with E-state index >= 15 is 0 Å². The predicted octanol–water partition coefficient (Wildman–Crippen LogP) is 4.70.